The van der Waals surface area contributed by atoms with Crippen molar-refractivity contribution in [1.29, 1.82) is 0 Å². The zero-order valence-corrected chi connectivity index (χ0v) is 27.7. The standard InChI is InChI=1S/C18H36B2O6.C6H14O2.BH3O3.BH3O2.H2O/c1-13-10-16(4,5)24-19(21-13)22-14(2)11-17(6,7)25-20-23-15(3)12-18(8,9)26-20;1-5(7)4-6(2,3)8;2-1(3)4;2-1-3;/h13-15H,10-12H2,1-9H3;5,7-8H,4H2,1-3H3;2-4H;1-3H;1H2/i19-1,20-1;;2*1-1;. The highest BCUT2D eigenvalue weighted by atomic mass is 16.7. The number of hydrogen-bond acceptors (Lipinski definition) is 13. The van der Waals surface area contributed by atoms with E-state index in [0.29, 0.717) is 12.8 Å². The Labute approximate surface area is 254 Å². The molecular weight excluding hydrogens is 552 g/mol. The molecule has 0 bridgehead atoms. The molecule has 0 aromatic heterocycles. The molecule has 0 aromatic carbocycles. The Balaban J connectivity index is -0.000000789. The normalized spacial score (nSPS) is 22.8. The van der Waals surface area contributed by atoms with Gasteiger partial charge in [0, 0.05) is 24.7 Å². The van der Waals surface area contributed by atoms with Crippen LogP contribution in [0, 0.1) is 0 Å². The second kappa shape index (κ2) is 20.7. The van der Waals surface area contributed by atoms with E-state index in [-0.39, 0.29) is 35.0 Å². The van der Waals surface area contributed by atoms with Gasteiger partial charge in [0.2, 0.25) is 0 Å². The van der Waals surface area contributed by atoms with Crippen molar-refractivity contribution in [2.24, 2.45) is 0 Å². The van der Waals surface area contributed by atoms with Gasteiger partial charge in [-0.05, 0) is 102 Å². The predicted octanol–water partition coefficient (Wildman–Crippen LogP) is -0.356. The van der Waals surface area contributed by atoms with Crippen molar-refractivity contribution < 1.29 is 68.7 Å². The quantitative estimate of drug-likeness (QED) is 0.174. The Morgan fingerprint density at radius 3 is 1.55 bits per heavy atom. The van der Waals surface area contributed by atoms with Gasteiger partial charge >= 0.3 is 29.6 Å². The summed E-state index contributed by atoms with van der Waals surface area (Å²) in [6.07, 6.45) is 2.47. The van der Waals surface area contributed by atoms with Crippen molar-refractivity contribution in [3.63, 3.8) is 0 Å². The summed E-state index contributed by atoms with van der Waals surface area (Å²) in [5.41, 5.74) is -1.72. The molecule has 0 spiro atoms. The maximum Gasteiger partial charge on any atom is 0.640 e. The summed E-state index contributed by atoms with van der Waals surface area (Å²) < 4.78 is 35.4. The lowest BCUT2D eigenvalue weighted by atomic mass is 9.48. The molecule has 0 amide bonds. The van der Waals surface area contributed by atoms with Gasteiger partial charge in [0.15, 0.2) is 0 Å². The van der Waals surface area contributed by atoms with Crippen LogP contribution in [-0.4, -0.2) is 117 Å². The number of rotatable bonds is 8. The van der Waals surface area contributed by atoms with Crippen LogP contribution in [0.4, 0.5) is 0 Å². The maximum atomic E-state index is 9.03. The summed E-state index contributed by atoms with van der Waals surface area (Å²) in [6.45, 7) is 23.4. The lowest BCUT2D eigenvalue weighted by Gasteiger charge is -2.41. The predicted molar refractivity (Wildman–Crippen MR) is 163 cm³/mol. The van der Waals surface area contributed by atoms with Crippen LogP contribution in [0.15, 0.2) is 0 Å². The van der Waals surface area contributed by atoms with E-state index in [1.807, 2.05) is 34.6 Å². The van der Waals surface area contributed by atoms with Crippen LogP contribution >= 0.6 is 0 Å². The molecule has 2 fully saturated rings. The Hall–Kier alpha value is -0.300. The van der Waals surface area contributed by atoms with Crippen LogP contribution in [0.1, 0.15) is 109 Å². The van der Waals surface area contributed by atoms with E-state index in [1.54, 1.807) is 20.8 Å². The SMILES string of the molecule is CC(O)CC(C)(C)O.CC1CC(C)(C)O[10B](OC(C)CC(C)(C)O[10B]2OC(C)CC(C)(C)O2)O1.O.O[10BH]O.O[10B](O)O. The van der Waals surface area contributed by atoms with Crippen molar-refractivity contribution in [1.82, 2.24) is 0 Å². The summed E-state index contributed by atoms with van der Waals surface area (Å²) in [5, 5.41) is 53.5. The van der Waals surface area contributed by atoms with Crippen molar-refractivity contribution in [2.45, 2.75) is 156 Å². The fourth-order valence-electron chi connectivity index (χ4n) is 4.61. The third kappa shape index (κ3) is 27.3. The summed E-state index contributed by atoms with van der Waals surface area (Å²) in [7, 11) is -4.24. The number of hydrogen-bond donors (Lipinski definition) is 7. The van der Waals surface area contributed by atoms with Gasteiger partial charge in [-0.1, -0.05) is 0 Å². The Kier molecular flexibility index (Phi) is 22.7. The van der Waals surface area contributed by atoms with Crippen LogP contribution in [-0.2, 0) is 27.9 Å². The highest BCUT2D eigenvalue weighted by Crippen LogP contribution is 2.31. The van der Waals surface area contributed by atoms with Crippen LogP contribution < -0.4 is 0 Å². The third-order valence-electron chi connectivity index (χ3n) is 5.41. The molecule has 2 heterocycles. The second-order valence-electron chi connectivity index (χ2n) is 13.0. The van der Waals surface area contributed by atoms with Crippen molar-refractivity contribution in [2.75, 3.05) is 0 Å². The molecule has 0 aliphatic carbocycles. The molecule has 250 valence electrons. The van der Waals surface area contributed by atoms with Gasteiger partial charge in [-0.3, -0.25) is 0 Å². The van der Waals surface area contributed by atoms with Gasteiger partial charge in [0.25, 0.3) is 0 Å². The molecule has 2 aliphatic rings. The minimum Gasteiger partial charge on any atom is -0.430 e. The molecule has 9 N–H and O–H groups in total. The number of aliphatic hydroxyl groups excluding tert-OH is 1. The van der Waals surface area contributed by atoms with Gasteiger partial charge in [-0.2, -0.15) is 0 Å². The summed E-state index contributed by atoms with van der Waals surface area (Å²) >= 11 is 0. The van der Waals surface area contributed by atoms with Crippen molar-refractivity contribution in [3.8, 4) is 0 Å². The molecule has 0 aromatic rings. The molecule has 2 aliphatic heterocycles. The second-order valence-corrected chi connectivity index (χ2v) is 13.0. The third-order valence-corrected chi connectivity index (χ3v) is 5.41. The zero-order valence-electron chi connectivity index (χ0n) is 27.7. The summed E-state index contributed by atoms with van der Waals surface area (Å²) in [4.78, 5) is 0. The topological polar surface area (TPSA) is 228 Å². The van der Waals surface area contributed by atoms with Crippen molar-refractivity contribution in [3.05, 3.63) is 0 Å². The highest BCUT2D eigenvalue weighted by Gasteiger charge is 2.44. The fourth-order valence-corrected chi connectivity index (χ4v) is 4.61. The molecule has 42 heavy (non-hydrogen) atoms. The fraction of sp³-hybridized carbons (Fsp3) is 1.00. The van der Waals surface area contributed by atoms with Gasteiger partial charge in [-0.25, -0.2) is 0 Å². The maximum absolute atomic E-state index is 9.03. The van der Waals surface area contributed by atoms with Gasteiger partial charge in [0.05, 0.1) is 28.5 Å². The summed E-state index contributed by atoms with van der Waals surface area (Å²) in [5.74, 6) is 0. The lowest BCUT2D eigenvalue weighted by Crippen LogP contribution is -2.51. The summed E-state index contributed by atoms with van der Waals surface area (Å²) in [6, 6.07) is 0. The van der Waals surface area contributed by atoms with E-state index in [2.05, 4.69) is 27.7 Å². The van der Waals surface area contributed by atoms with Gasteiger partial charge < -0.3 is 68.7 Å². The molecule has 2 rings (SSSR count). The van der Waals surface area contributed by atoms with E-state index < -0.39 is 47.0 Å². The average Bonchev–Trinajstić information content (AvgIpc) is 2.61. The average molecular weight is 611 g/mol. The van der Waals surface area contributed by atoms with Crippen molar-refractivity contribution >= 4 is 29.6 Å². The van der Waals surface area contributed by atoms with E-state index in [4.69, 9.17) is 63.3 Å². The van der Waals surface area contributed by atoms with Crippen LogP contribution in [0.2, 0.25) is 0 Å². The van der Waals surface area contributed by atoms with Crippen LogP contribution in [0.5, 0.6) is 0 Å². The molecule has 2 saturated heterocycles. The first-order chi connectivity index (χ1) is 18.3. The van der Waals surface area contributed by atoms with Gasteiger partial charge in [0.1, 0.15) is 0 Å². The molecule has 18 heteroatoms. The van der Waals surface area contributed by atoms with Crippen LogP contribution in [0.3, 0.4) is 0 Å². The first kappa shape index (κ1) is 46.1. The molecule has 4 atom stereocenters. The molecule has 14 nitrogen and oxygen atoms in total. The lowest BCUT2D eigenvalue weighted by molar-refractivity contribution is -0.105. The van der Waals surface area contributed by atoms with Crippen LogP contribution in [0.25, 0.3) is 0 Å². The zero-order chi connectivity index (χ0) is 32.8. The van der Waals surface area contributed by atoms with E-state index in [1.165, 1.54) is 0 Å². The molecular formula is C24H58B4O14. The minimum absolute atomic E-state index is 0. The smallest absolute Gasteiger partial charge is 0.430 e. The van der Waals surface area contributed by atoms with Gasteiger partial charge in [-0.15, -0.1) is 0 Å². The Bertz CT molecular complexity index is 677. The highest BCUT2D eigenvalue weighted by molar-refractivity contribution is 6.37. The molecule has 0 saturated carbocycles. The Morgan fingerprint density at radius 1 is 0.881 bits per heavy atom. The number of aliphatic hydroxyl groups is 2. The largest absolute Gasteiger partial charge is 0.640 e. The van der Waals surface area contributed by atoms with E-state index >= 15 is 0 Å². The minimum atomic E-state index is -2.17. The first-order valence-electron chi connectivity index (χ1n) is 14.0. The van der Waals surface area contributed by atoms with E-state index in [9.17, 15) is 0 Å². The monoisotopic (exact) mass is 610 g/mol. The van der Waals surface area contributed by atoms with E-state index in [0.717, 1.165) is 12.8 Å². The molecule has 0 radical (unpaired) electrons. The molecule has 4 unspecified atom stereocenters. The Morgan fingerprint density at radius 2 is 1.24 bits per heavy atom. The first-order valence-corrected chi connectivity index (χ1v) is 14.0.